The van der Waals surface area contributed by atoms with Crippen molar-refractivity contribution in [2.24, 2.45) is 11.7 Å². The quantitative estimate of drug-likeness (QED) is 0.902. The highest BCUT2D eigenvalue weighted by Crippen LogP contribution is 2.29. The van der Waals surface area contributed by atoms with E-state index in [0.717, 1.165) is 19.4 Å². The Kier molecular flexibility index (Phi) is 4.19. The van der Waals surface area contributed by atoms with Crippen LogP contribution in [0.4, 0.5) is 0 Å². The summed E-state index contributed by atoms with van der Waals surface area (Å²) in [7, 11) is 0. The first-order chi connectivity index (χ1) is 9.33. The maximum Gasteiger partial charge on any atom is 0.0576 e. The van der Waals surface area contributed by atoms with Crippen LogP contribution in [0.15, 0.2) is 24.3 Å². The van der Waals surface area contributed by atoms with E-state index < -0.39 is 0 Å². The first kappa shape index (κ1) is 13.1. The highest BCUT2D eigenvalue weighted by molar-refractivity contribution is 5.29. The minimum absolute atomic E-state index is 0.345. The van der Waals surface area contributed by atoms with Crippen LogP contribution in [0.2, 0.25) is 0 Å². The van der Waals surface area contributed by atoms with Gasteiger partial charge in [-0.25, -0.2) is 0 Å². The van der Waals surface area contributed by atoms with Crippen LogP contribution in [0.5, 0.6) is 0 Å². The number of fused-ring (bicyclic) bond motifs is 1. The summed E-state index contributed by atoms with van der Waals surface area (Å²) in [5.74, 6) is 0.663. The summed E-state index contributed by atoms with van der Waals surface area (Å²) < 4.78 is 5.69. The molecule has 2 nitrogen and oxygen atoms in total. The lowest BCUT2D eigenvalue weighted by molar-refractivity contribution is 0.0984. The van der Waals surface area contributed by atoms with E-state index >= 15 is 0 Å². The van der Waals surface area contributed by atoms with Gasteiger partial charge in [-0.05, 0) is 62.0 Å². The van der Waals surface area contributed by atoms with E-state index in [2.05, 4.69) is 24.3 Å². The van der Waals surface area contributed by atoms with E-state index in [-0.39, 0.29) is 0 Å². The van der Waals surface area contributed by atoms with Crippen LogP contribution in [0, 0.1) is 5.92 Å². The Morgan fingerprint density at radius 1 is 1.21 bits per heavy atom. The highest BCUT2D eigenvalue weighted by atomic mass is 16.5. The van der Waals surface area contributed by atoms with Gasteiger partial charge in [-0.1, -0.05) is 24.3 Å². The van der Waals surface area contributed by atoms with E-state index in [1.807, 2.05) is 0 Å². The maximum atomic E-state index is 6.43. The molecule has 2 heteroatoms. The molecule has 0 radical (unpaired) electrons. The molecular weight excluding hydrogens is 234 g/mol. The molecule has 0 spiro atoms. The van der Waals surface area contributed by atoms with Gasteiger partial charge in [0.05, 0.1) is 6.10 Å². The summed E-state index contributed by atoms with van der Waals surface area (Å²) in [5.41, 5.74) is 9.48. The number of hydrogen-bond acceptors (Lipinski definition) is 2. The smallest absolute Gasteiger partial charge is 0.0576 e. The van der Waals surface area contributed by atoms with Gasteiger partial charge in [0.15, 0.2) is 0 Å². The lowest BCUT2D eigenvalue weighted by Crippen LogP contribution is -2.34. The molecule has 3 rings (SSSR count). The van der Waals surface area contributed by atoms with E-state index in [1.54, 1.807) is 0 Å². The Bertz CT molecular complexity index is 411. The number of hydrogen-bond donors (Lipinski definition) is 1. The van der Waals surface area contributed by atoms with Crippen molar-refractivity contribution in [3.8, 4) is 0 Å². The van der Waals surface area contributed by atoms with Gasteiger partial charge in [-0.2, -0.15) is 0 Å². The molecule has 19 heavy (non-hydrogen) atoms. The second kappa shape index (κ2) is 6.06. The van der Waals surface area contributed by atoms with Crippen molar-refractivity contribution in [1.29, 1.82) is 0 Å². The van der Waals surface area contributed by atoms with Gasteiger partial charge in [0.25, 0.3) is 0 Å². The predicted molar refractivity (Wildman–Crippen MR) is 78.1 cm³/mol. The third kappa shape index (κ3) is 3.18. The molecule has 0 bridgehead atoms. The summed E-state index contributed by atoms with van der Waals surface area (Å²) in [6.07, 6.45) is 8.86. The molecule has 1 aliphatic heterocycles. The van der Waals surface area contributed by atoms with E-state index in [9.17, 15) is 0 Å². The average molecular weight is 259 g/mol. The number of benzene rings is 1. The Balaban J connectivity index is 1.52. The van der Waals surface area contributed by atoms with Crippen molar-refractivity contribution in [2.75, 3.05) is 6.61 Å². The SMILES string of the molecule is NC(CCC1CCCO1)C1CCc2ccccc2C1. The molecule has 1 fully saturated rings. The van der Waals surface area contributed by atoms with Gasteiger partial charge in [-0.3, -0.25) is 0 Å². The minimum atomic E-state index is 0.345. The normalized spacial score (nSPS) is 28.1. The number of nitrogens with two attached hydrogens (primary N) is 1. The molecule has 0 amide bonds. The Morgan fingerprint density at radius 3 is 2.84 bits per heavy atom. The van der Waals surface area contributed by atoms with Crippen LogP contribution in [-0.2, 0) is 17.6 Å². The van der Waals surface area contributed by atoms with Crippen LogP contribution in [-0.4, -0.2) is 18.8 Å². The number of rotatable bonds is 4. The Morgan fingerprint density at radius 2 is 2.05 bits per heavy atom. The topological polar surface area (TPSA) is 35.2 Å². The molecule has 1 saturated heterocycles. The standard InChI is InChI=1S/C17H25NO/c18-17(10-9-16-6-3-11-19-16)15-8-7-13-4-1-2-5-14(13)12-15/h1-2,4-5,15-17H,3,6-12,18H2. The molecule has 104 valence electrons. The lowest BCUT2D eigenvalue weighted by atomic mass is 9.79. The van der Waals surface area contributed by atoms with Crippen LogP contribution in [0.3, 0.4) is 0 Å². The van der Waals surface area contributed by atoms with Crippen LogP contribution >= 0.6 is 0 Å². The Labute approximate surface area is 116 Å². The van der Waals surface area contributed by atoms with E-state index in [0.29, 0.717) is 18.1 Å². The molecule has 2 aliphatic rings. The predicted octanol–water partition coefficient (Wildman–Crippen LogP) is 3.08. The molecule has 0 aromatic heterocycles. The zero-order valence-electron chi connectivity index (χ0n) is 11.7. The molecule has 1 heterocycles. The summed E-state index contributed by atoms with van der Waals surface area (Å²) >= 11 is 0. The number of ether oxygens (including phenoxy) is 1. The second-order valence-corrected chi connectivity index (χ2v) is 6.15. The molecule has 3 unspecified atom stereocenters. The monoisotopic (exact) mass is 259 g/mol. The third-order valence-electron chi connectivity index (χ3n) is 4.84. The van der Waals surface area contributed by atoms with Crippen LogP contribution in [0.25, 0.3) is 0 Å². The third-order valence-corrected chi connectivity index (χ3v) is 4.84. The maximum absolute atomic E-state index is 6.43. The van der Waals surface area contributed by atoms with Crippen molar-refractivity contribution < 1.29 is 4.74 Å². The first-order valence-corrected chi connectivity index (χ1v) is 7.77. The van der Waals surface area contributed by atoms with Crippen molar-refractivity contribution in [2.45, 2.75) is 57.1 Å². The molecule has 3 atom stereocenters. The molecule has 0 saturated carbocycles. The van der Waals surface area contributed by atoms with Crippen LogP contribution < -0.4 is 5.73 Å². The van der Waals surface area contributed by atoms with Crippen molar-refractivity contribution >= 4 is 0 Å². The largest absolute Gasteiger partial charge is 0.378 e. The fraction of sp³-hybridized carbons (Fsp3) is 0.647. The highest BCUT2D eigenvalue weighted by Gasteiger charge is 2.25. The first-order valence-electron chi connectivity index (χ1n) is 7.77. The molecular formula is C17H25NO. The minimum Gasteiger partial charge on any atom is -0.378 e. The van der Waals surface area contributed by atoms with E-state index in [4.69, 9.17) is 10.5 Å². The van der Waals surface area contributed by atoms with Crippen molar-refractivity contribution in [3.63, 3.8) is 0 Å². The fourth-order valence-electron chi connectivity index (χ4n) is 3.58. The average Bonchev–Trinajstić information content (AvgIpc) is 2.97. The summed E-state index contributed by atoms with van der Waals surface area (Å²) in [4.78, 5) is 0. The summed E-state index contributed by atoms with van der Waals surface area (Å²) in [6.45, 7) is 0.955. The lowest BCUT2D eigenvalue weighted by Gasteiger charge is -2.29. The number of aryl methyl sites for hydroxylation is 1. The van der Waals surface area contributed by atoms with Gasteiger partial charge in [0.2, 0.25) is 0 Å². The van der Waals surface area contributed by atoms with E-state index in [1.165, 1.54) is 43.2 Å². The van der Waals surface area contributed by atoms with Crippen molar-refractivity contribution in [1.82, 2.24) is 0 Å². The molecule has 1 aliphatic carbocycles. The van der Waals surface area contributed by atoms with Crippen molar-refractivity contribution in [3.05, 3.63) is 35.4 Å². The fourth-order valence-corrected chi connectivity index (χ4v) is 3.58. The molecule has 1 aromatic rings. The second-order valence-electron chi connectivity index (χ2n) is 6.15. The summed E-state index contributed by atoms with van der Waals surface area (Å²) in [6, 6.07) is 9.19. The van der Waals surface area contributed by atoms with Gasteiger partial charge in [0.1, 0.15) is 0 Å². The molecule has 1 aromatic carbocycles. The van der Waals surface area contributed by atoms with Gasteiger partial charge < -0.3 is 10.5 Å². The van der Waals surface area contributed by atoms with Crippen LogP contribution in [0.1, 0.15) is 43.2 Å². The zero-order valence-corrected chi connectivity index (χ0v) is 11.7. The zero-order chi connectivity index (χ0) is 13.1. The van der Waals surface area contributed by atoms with Gasteiger partial charge >= 0.3 is 0 Å². The van der Waals surface area contributed by atoms with Gasteiger partial charge in [0, 0.05) is 12.6 Å². The molecule has 2 N–H and O–H groups in total. The summed E-state index contributed by atoms with van der Waals surface area (Å²) in [5, 5.41) is 0. The Hall–Kier alpha value is -0.860. The van der Waals surface area contributed by atoms with Gasteiger partial charge in [-0.15, -0.1) is 0 Å².